The van der Waals surface area contributed by atoms with Crippen molar-refractivity contribution in [2.24, 2.45) is 0 Å². The lowest BCUT2D eigenvalue weighted by molar-refractivity contribution is -0.138. The van der Waals surface area contributed by atoms with Crippen molar-refractivity contribution in [1.82, 2.24) is 10.3 Å². The summed E-state index contributed by atoms with van der Waals surface area (Å²) in [6, 6.07) is 0. The molecule has 0 aliphatic rings. The van der Waals surface area contributed by atoms with Crippen LogP contribution in [0.25, 0.3) is 0 Å². The van der Waals surface area contributed by atoms with Gasteiger partial charge in [-0.15, -0.1) is 11.3 Å². The van der Waals surface area contributed by atoms with Crippen molar-refractivity contribution in [3.05, 3.63) is 16.1 Å². The van der Waals surface area contributed by atoms with Gasteiger partial charge in [-0.3, -0.25) is 0 Å². The number of hydrogen-bond donors (Lipinski definition) is 1. The lowest BCUT2D eigenvalue weighted by Crippen LogP contribution is -2.11. The molecule has 104 valence electrons. The minimum atomic E-state index is -4.09. The molecular formula is C11H17F3N2OS. The van der Waals surface area contributed by atoms with Gasteiger partial charge in [-0.05, 0) is 13.0 Å². The van der Waals surface area contributed by atoms with Crippen molar-refractivity contribution in [2.75, 3.05) is 13.2 Å². The van der Waals surface area contributed by atoms with Crippen molar-refractivity contribution < 1.29 is 17.9 Å². The highest BCUT2D eigenvalue weighted by molar-refractivity contribution is 7.09. The van der Waals surface area contributed by atoms with Crippen LogP contribution in [0.3, 0.4) is 0 Å². The molecule has 1 heterocycles. The highest BCUT2D eigenvalue weighted by atomic mass is 32.1. The van der Waals surface area contributed by atoms with E-state index in [0.717, 1.165) is 23.8 Å². The Hall–Kier alpha value is -0.660. The molecule has 0 aliphatic carbocycles. The Morgan fingerprint density at radius 3 is 2.89 bits per heavy atom. The first-order valence-corrected chi connectivity index (χ1v) is 6.67. The molecule has 0 saturated carbocycles. The second-order valence-corrected chi connectivity index (χ2v) is 4.73. The first-order valence-electron chi connectivity index (χ1n) is 5.79. The highest BCUT2D eigenvalue weighted by Crippen LogP contribution is 2.21. The van der Waals surface area contributed by atoms with Crippen LogP contribution in [-0.4, -0.2) is 24.3 Å². The van der Waals surface area contributed by atoms with Gasteiger partial charge in [0.1, 0.15) is 5.01 Å². The standard InChI is InChI=1S/C11H17F3N2OS/c1-2-15-6-10-16-9(8-18-10)7-17-5-3-4-11(12,13)14/h8,15H,2-7H2,1H3. The number of hydrogen-bond acceptors (Lipinski definition) is 4. The fourth-order valence-electron chi connectivity index (χ4n) is 1.28. The molecule has 18 heavy (non-hydrogen) atoms. The van der Waals surface area contributed by atoms with E-state index in [1.165, 1.54) is 11.3 Å². The quantitative estimate of drug-likeness (QED) is 0.744. The SMILES string of the molecule is CCNCc1nc(COCCCC(F)(F)F)cs1. The summed E-state index contributed by atoms with van der Waals surface area (Å²) in [6.07, 6.45) is -4.89. The van der Waals surface area contributed by atoms with Crippen LogP contribution in [0.5, 0.6) is 0 Å². The Balaban J connectivity index is 2.13. The monoisotopic (exact) mass is 282 g/mol. The maximum Gasteiger partial charge on any atom is 0.389 e. The van der Waals surface area contributed by atoms with E-state index < -0.39 is 12.6 Å². The zero-order valence-corrected chi connectivity index (χ0v) is 11.0. The number of halogens is 3. The molecule has 0 radical (unpaired) electrons. The normalized spacial score (nSPS) is 12.0. The maximum absolute atomic E-state index is 11.9. The van der Waals surface area contributed by atoms with Crippen LogP contribution in [-0.2, 0) is 17.9 Å². The van der Waals surface area contributed by atoms with Gasteiger partial charge in [0.15, 0.2) is 0 Å². The average Bonchev–Trinajstić information content (AvgIpc) is 2.72. The Morgan fingerprint density at radius 1 is 1.44 bits per heavy atom. The zero-order chi connectivity index (χ0) is 13.4. The number of aromatic nitrogens is 1. The summed E-state index contributed by atoms with van der Waals surface area (Å²) in [5.74, 6) is 0. The molecule has 1 rings (SSSR count). The molecule has 1 aromatic rings. The van der Waals surface area contributed by atoms with Gasteiger partial charge in [0, 0.05) is 25.0 Å². The third-order valence-corrected chi connectivity index (χ3v) is 3.02. The molecule has 0 aliphatic heterocycles. The van der Waals surface area contributed by atoms with Gasteiger partial charge in [-0.2, -0.15) is 13.2 Å². The fourth-order valence-corrected chi connectivity index (χ4v) is 2.03. The van der Waals surface area contributed by atoms with Crippen molar-refractivity contribution in [1.29, 1.82) is 0 Å². The van der Waals surface area contributed by atoms with Crippen LogP contribution >= 0.6 is 11.3 Å². The summed E-state index contributed by atoms with van der Waals surface area (Å²) >= 11 is 1.52. The topological polar surface area (TPSA) is 34.2 Å². The molecule has 1 N–H and O–H groups in total. The predicted octanol–water partition coefficient (Wildman–Crippen LogP) is 3.11. The summed E-state index contributed by atoms with van der Waals surface area (Å²) in [4.78, 5) is 4.30. The summed E-state index contributed by atoms with van der Waals surface area (Å²) < 4.78 is 40.7. The number of alkyl halides is 3. The smallest absolute Gasteiger partial charge is 0.375 e. The Labute approximate surface area is 108 Å². The van der Waals surface area contributed by atoms with Gasteiger partial charge in [0.2, 0.25) is 0 Å². The minimum Gasteiger partial charge on any atom is -0.375 e. The third-order valence-electron chi connectivity index (χ3n) is 2.12. The van der Waals surface area contributed by atoms with E-state index in [2.05, 4.69) is 10.3 Å². The van der Waals surface area contributed by atoms with E-state index in [1.807, 2.05) is 12.3 Å². The van der Waals surface area contributed by atoms with E-state index in [1.54, 1.807) is 0 Å². The Morgan fingerprint density at radius 2 is 2.22 bits per heavy atom. The van der Waals surface area contributed by atoms with Gasteiger partial charge in [0.05, 0.1) is 12.3 Å². The summed E-state index contributed by atoms with van der Waals surface area (Å²) in [5.41, 5.74) is 0.778. The van der Waals surface area contributed by atoms with Crippen LogP contribution in [0, 0.1) is 0 Å². The Bertz CT molecular complexity index is 341. The Kier molecular flexibility index (Phi) is 6.59. The first kappa shape index (κ1) is 15.4. The number of ether oxygens (including phenoxy) is 1. The van der Waals surface area contributed by atoms with Crippen LogP contribution in [0.4, 0.5) is 13.2 Å². The fraction of sp³-hybridized carbons (Fsp3) is 0.727. The number of nitrogens with one attached hydrogen (secondary N) is 1. The highest BCUT2D eigenvalue weighted by Gasteiger charge is 2.25. The lowest BCUT2D eigenvalue weighted by atomic mass is 10.3. The number of thiazole rings is 1. The van der Waals surface area contributed by atoms with Gasteiger partial charge in [-0.25, -0.2) is 4.98 Å². The minimum absolute atomic E-state index is 0.00210. The summed E-state index contributed by atoms with van der Waals surface area (Å²) in [6.45, 7) is 4.00. The molecular weight excluding hydrogens is 265 g/mol. The van der Waals surface area contributed by atoms with Crippen LogP contribution in [0.15, 0.2) is 5.38 Å². The zero-order valence-electron chi connectivity index (χ0n) is 10.2. The largest absolute Gasteiger partial charge is 0.389 e. The number of nitrogens with zero attached hydrogens (tertiary/aromatic N) is 1. The second kappa shape index (κ2) is 7.70. The van der Waals surface area contributed by atoms with Crippen LogP contribution in [0.2, 0.25) is 0 Å². The molecule has 0 unspecified atom stereocenters. The second-order valence-electron chi connectivity index (χ2n) is 3.78. The molecule has 0 fully saturated rings. The van der Waals surface area contributed by atoms with Crippen LogP contribution in [0.1, 0.15) is 30.5 Å². The van der Waals surface area contributed by atoms with Gasteiger partial charge in [0.25, 0.3) is 0 Å². The summed E-state index contributed by atoms with van der Waals surface area (Å²) in [5, 5.41) is 5.99. The van der Waals surface area contributed by atoms with E-state index >= 15 is 0 Å². The molecule has 0 bridgehead atoms. The van der Waals surface area contributed by atoms with Crippen molar-refractivity contribution >= 4 is 11.3 Å². The predicted molar refractivity (Wildman–Crippen MR) is 64.4 cm³/mol. The number of rotatable bonds is 8. The molecule has 1 aromatic heterocycles. The van der Waals surface area contributed by atoms with E-state index in [0.29, 0.717) is 0 Å². The van der Waals surface area contributed by atoms with Gasteiger partial charge in [-0.1, -0.05) is 6.92 Å². The molecule has 0 saturated heterocycles. The average molecular weight is 282 g/mol. The van der Waals surface area contributed by atoms with E-state index in [-0.39, 0.29) is 19.6 Å². The molecule has 3 nitrogen and oxygen atoms in total. The summed E-state index contributed by atoms with van der Waals surface area (Å²) in [7, 11) is 0. The van der Waals surface area contributed by atoms with Gasteiger partial charge < -0.3 is 10.1 Å². The van der Waals surface area contributed by atoms with E-state index in [4.69, 9.17) is 4.74 Å². The molecule has 0 aromatic carbocycles. The third kappa shape index (κ3) is 6.93. The van der Waals surface area contributed by atoms with Crippen molar-refractivity contribution in [2.45, 2.75) is 39.1 Å². The molecule has 7 heteroatoms. The van der Waals surface area contributed by atoms with Crippen molar-refractivity contribution in [3.63, 3.8) is 0 Å². The first-order chi connectivity index (χ1) is 8.51. The maximum atomic E-state index is 11.9. The van der Waals surface area contributed by atoms with Gasteiger partial charge >= 0.3 is 6.18 Å². The van der Waals surface area contributed by atoms with Crippen LogP contribution < -0.4 is 5.32 Å². The molecule has 0 amide bonds. The lowest BCUT2D eigenvalue weighted by Gasteiger charge is -2.05. The molecule has 0 atom stereocenters. The van der Waals surface area contributed by atoms with Crippen molar-refractivity contribution in [3.8, 4) is 0 Å². The van der Waals surface area contributed by atoms with E-state index in [9.17, 15) is 13.2 Å². The molecule has 0 spiro atoms.